The molecule has 0 aromatic carbocycles. The lowest BCUT2D eigenvalue weighted by molar-refractivity contribution is 0.585. The number of guanidine groups is 1. The minimum Gasteiger partial charge on any atom is -0.368 e. The molecule has 0 bridgehead atoms. The van der Waals surface area contributed by atoms with Gasteiger partial charge in [-0.3, -0.25) is 4.68 Å². The van der Waals surface area contributed by atoms with E-state index < -0.39 is 5.54 Å². The van der Waals surface area contributed by atoms with Crippen LogP contribution in [0.5, 0.6) is 0 Å². The van der Waals surface area contributed by atoms with Crippen molar-refractivity contribution in [3.8, 4) is 0 Å². The number of rotatable bonds is 4. The lowest BCUT2D eigenvalue weighted by atomic mass is 9.99. The van der Waals surface area contributed by atoms with Crippen molar-refractivity contribution in [2.75, 3.05) is 10.2 Å². The molecule has 3 N–H and O–H groups in total. The van der Waals surface area contributed by atoms with Crippen molar-refractivity contribution in [3.63, 3.8) is 0 Å². The van der Waals surface area contributed by atoms with Crippen molar-refractivity contribution in [3.05, 3.63) is 47.9 Å². The van der Waals surface area contributed by atoms with Crippen molar-refractivity contribution in [1.82, 2.24) is 24.8 Å². The highest BCUT2D eigenvalue weighted by atomic mass is 32.1. The summed E-state index contributed by atoms with van der Waals surface area (Å²) in [5, 5.41) is 15.6. The van der Waals surface area contributed by atoms with Crippen molar-refractivity contribution < 1.29 is 0 Å². The Morgan fingerprint density at radius 1 is 1.33 bits per heavy atom. The van der Waals surface area contributed by atoms with Crippen LogP contribution in [0.15, 0.2) is 47.2 Å². The van der Waals surface area contributed by atoms with E-state index >= 15 is 0 Å². The summed E-state index contributed by atoms with van der Waals surface area (Å²) >= 11 is 1.42. The Morgan fingerprint density at radius 2 is 2.15 bits per heavy atom. The van der Waals surface area contributed by atoms with Gasteiger partial charge in [0.2, 0.25) is 5.96 Å². The third-order valence-corrected chi connectivity index (χ3v) is 5.16. The largest absolute Gasteiger partial charge is 0.368 e. The van der Waals surface area contributed by atoms with Gasteiger partial charge in [0, 0.05) is 25.5 Å². The molecule has 0 aliphatic carbocycles. The lowest BCUT2D eigenvalue weighted by Crippen LogP contribution is -2.48. The van der Waals surface area contributed by atoms with Gasteiger partial charge in [-0.15, -0.1) is 0 Å². The van der Waals surface area contributed by atoms with Crippen LogP contribution in [0, 0.1) is 6.92 Å². The molecule has 0 spiro atoms. The summed E-state index contributed by atoms with van der Waals surface area (Å²) in [6, 6.07) is 2.28. The molecule has 0 saturated carbocycles. The van der Waals surface area contributed by atoms with Gasteiger partial charge in [-0.2, -0.15) is 9.47 Å². The van der Waals surface area contributed by atoms with Crippen LogP contribution in [0.25, 0.3) is 0 Å². The average molecular weight is 385 g/mol. The minimum atomic E-state index is -0.486. The number of nitrogens with one attached hydrogen (secondary N) is 3. The predicted molar refractivity (Wildman–Crippen MR) is 110 cm³/mol. The third kappa shape index (κ3) is 3.30. The number of aryl methyl sites for hydroxylation is 2. The predicted octanol–water partition coefficient (Wildman–Crippen LogP) is 2.52. The van der Waals surface area contributed by atoms with E-state index in [0.29, 0.717) is 5.96 Å². The fourth-order valence-corrected chi connectivity index (χ4v) is 3.92. The Morgan fingerprint density at radius 3 is 2.78 bits per heavy atom. The topological polar surface area (TPSA) is 82.4 Å². The highest BCUT2D eigenvalue weighted by Gasteiger charge is 2.41. The summed E-state index contributed by atoms with van der Waals surface area (Å²) in [5.74, 6) is 1.63. The first-order chi connectivity index (χ1) is 12.8. The van der Waals surface area contributed by atoms with E-state index in [4.69, 9.17) is 4.99 Å². The number of hydrogen-bond donors (Lipinski definition) is 3. The maximum absolute atomic E-state index is 4.94. The number of fused-ring (bicyclic) bond motifs is 1. The van der Waals surface area contributed by atoms with Gasteiger partial charge in [-0.05, 0) is 51.4 Å². The molecular formula is C18H24N8S. The Kier molecular flexibility index (Phi) is 4.18. The molecule has 27 heavy (non-hydrogen) atoms. The van der Waals surface area contributed by atoms with Gasteiger partial charge in [0.15, 0.2) is 0 Å². The fraction of sp³-hybridized carbons (Fsp3) is 0.389. The number of nitrogens with zero attached hydrogens (tertiary/aromatic N) is 5. The summed E-state index contributed by atoms with van der Waals surface area (Å²) in [6.45, 7) is 8.33. The third-order valence-electron chi connectivity index (χ3n) is 4.36. The monoisotopic (exact) mass is 384 g/mol. The van der Waals surface area contributed by atoms with Crippen molar-refractivity contribution in [1.29, 1.82) is 0 Å². The van der Waals surface area contributed by atoms with Crippen molar-refractivity contribution >= 4 is 28.2 Å². The molecule has 0 saturated heterocycles. The molecule has 8 nitrogen and oxygen atoms in total. The van der Waals surface area contributed by atoms with E-state index in [1.54, 1.807) is 4.68 Å². The quantitative estimate of drug-likeness (QED) is 0.751. The van der Waals surface area contributed by atoms with E-state index in [1.165, 1.54) is 11.5 Å². The van der Waals surface area contributed by atoms with E-state index in [0.717, 1.165) is 27.9 Å². The van der Waals surface area contributed by atoms with E-state index in [2.05, 4.69) is 63.4 Å². The normalized spacial score (nSPS) is 21.4. The first kappa shape index (κ1) is 17.6. The zero-order chi connectivity index (χ0) is 19.2. The van der Waals surface area contributed by atoms with Gasteiger partial charge in [0.1, 0.15) is 16.4 Å². The number of anilines is 2. The van der Waals surface area contributed by atoms with E-state index in [-0.39, 0.29) is 6.04 Å². The smallest absolute Gasteiger partial charge is 0.203 e. The Balaban J connectivity index is 1.70. The maximum Gasteiger partial charge on any atom is 0.203 e. The first-order valence-corrected chi connectivity index (χ1v) is 9.67. The first-order valence-electron chi connectivity index (χ1n) is 8.90. The van der Waals surface area contributed by atoms with Gasteiger partial charge in [0.05, 0.1) is 23.3 Å². The molecule has 0 amide bonds. The second-order valence-electron chi connectivity index (χ2n) is 7.27. The molecule has 1 unspecified atom stereocenters. The van der Waals surface area contributed by atoms with Gasteiger partial charge in [-0.1, -0.05) is 0 Å². The molecule has 4 heterocycles. The standard InChI is InChI=1S/C18H24N8S/c1-11(2)20-16-15-18(4,6-7-26(15)13-9-19-25(5)10-13)23-17(22-16)21-14-8-12(3)24-27-14/h6-11,20H,1-5H3,(H2,21,22,23). The molecule has 142 valence electrons. The molecule has 1 atom stereocenters. The van der Waals surface area contributed by atoms with E-state index in [9.17, 15) is 0 Å². The maximum atomic E-state index is 4.94. The van der Waals surface area contributed by atoms with Gasteiger partial charge >= 0.3 is 0 Å². The van der Waals surface area contributed by atoms with Gasteiger partial charge in [0.25, 0.3) is 0 Å². The number of aliphatic imine (C=N–C) groups is 1. The van der Waals surface area contributed by atoms with Crippen LogP contribution in [0.3, 0.4) is 0 Å². The summed E-state index contributed by atoms with van der Waals surface area (Å²) in [6.07, 6.45) is 8.01. The molecule has 2 aromatic heterocycles. The average Bonchev–Trinajstić information content (AvgIpc) is 3.25. The molecule has 2 aromatic rings. The Labute approximate surface area is 162 Å². The van der Waals surface area contributed by atoms with Crippen LogP contribution < -0.4 is 20.9 Å². The van der Waals surface area contributed by atoms with Gasteiger partial charge < -0.3 is 20.9 Å². The van der Waals surface area contributed by atoms with Crippen molar-refractivity contribution in [2.24, 2.45) is 12.0 Å². The molecule has 9 heteroatoms. The lowest BCUT2D eigenvalue weighted by Gasteiger charge is -2.35. The summed E-state index contributed by atoms with van der Waals surface area (Å²) in [4.78, 5) is 7.07. The van der Waals surface area contributed by atoms with Crippen LogP contribution in [0.2, 0.25) is 0 Å². The molecule has 2 aliphatic rings. The van der Waals surface area contributed by atoms with Crippen LogP contribution >= 0.6 is 11.5 Å². The summed E-state index contributed by atoms with van der Waals surface area (Å²) in [5.41, 5.74) is 2.56. The molecule has 2 aliphatic heterocycles. The number of hydrogen-bond acceptors (Lipinski definition) is 8. The van der Waals surface area contributed by atoms with E-state index in [1.807, 2.05) is 32.4 Å². The SMILES string of the molecule is Cc1cc(NC2=NC3(C)C=CN(c4cnn(C)c4)C3=C(NC(C)C)N2)sn1. The van der Waals surface area contributed by atoms with Crippen LogP contribution in [0.1, 0.15) is 26.5 Å². The number of aromatic nitrogens is 3. The minimum absolute atomic E-state index is 0.269. The van der Waals surface area contributed by atoms with Crippen LogP contribution in [-0.4, -0.2) is 31.7 Å². The zero-order valence-electron chi connectivity index (χ0n) is 16.1. The van der Waals surface area contributed by atoms with Crippen molar-refractivity contribution in [2.45, 2.75) is 39.3 Å². The highest BCUT2D eigenvalue weighted by molar-refractivity contribution is 7.10. The fourth-order valence-electron chi connectivity index (χ4n) is 3.26. The van der Waals surface area contributed by atoms with Gasteiger partial charge in [-0.25, -0.2) is 4.99 Å². The second kappa shape index (κ2) is 6.41. The summed E-state index contributed by atoms with van der Waals surface area (Å²) < 4.78 is 6.12. The molecular weight excluding hydrogens is 360 g/mol. The highest BCUT2D eigenvalue weighted by Crippen LogP contribution is 2.39. The Bertz CT molecular complexity index is 950. The molecule has 0 radical (unpaired) electrons. The molecule has 0 fully saturated rings. The van der Waals surface area contributed by atoms with Crippen LogP contribution in [0.4, 0.5) is 10.7 Å². The van der Waals surface area contributed by atoms with Crippen LogP contribution in [-0.2, 0) is 7.05 Å². The summed E-state index contributed by atoms with van der Waals surface area (Å²) in [7, 11) is 1.92. The second-order valence-corrected chi connectivity index (χ2v) is 8.08. The zero-order valence-corrected chi connectivity index (χ0v) is 16.9. The molecule has 4 rings (SSSR count). The Hall–Kier alpha value is -2.81.